The number of anilines is 1. The zero-order valence-electron chi connectivity index (χ0n) is 11.8. The third kappa shape index (κ3) is 2.50. The summed E-state index contributed by atoms with van der Waals surface area (Å²) in [5.41, 5.74) is 2.06. The number of amides is 2. The molecule has 2 heterocycles. The lowest BCUT2D eigenvalue weighted by atomic mass is 9.60. The number of nitrogens with one attached hydrogen (secondary N) is 2. The van der Waals surface area contributed by atoms with Gasteiger partial charge in [-0.25, -0.2) is 4.79 Å². The molecule has 1 atom stereocenters. The number of pyridine rings is 1. The molecule has 1 saturated heterocycles. The summed E-state index contributed by atoms with van der Waals surface area (Å²) < 4.78 is 5.43. The van der Waals surface area contributed by atoms with E-state index in [-0.39, 0.29) is 17.5 Å². The fourth-order valence-corrected chi connectivity index (χ4v) is 3.21. The van der Waals surface area contributed by atoms with E-state index in [1.165, 1.54) is 6.42 Å². The number of aromatic nitrogens is 1. The fraction of sp³-hybridized carbons (Fsp3) is 0.600. The highest BCUT2D eigenvalue weighted by atomic mass is 16.5. The van der Waals surface area contributed by atoms with E-state index in [1.54, 1.807) is 12.4 Å². The van der Waals surface area contributed by atoms with Crippen molar-refractivity contribution in [2.24, 2.45) is 5.41 Å². The molecular formula is C15H21N3O2. The average molecular weight is 275 g/mol. The maximum Gasteiger partial charge on any atom is 0.319 e. The minimum atomic E-state index is -0.128. The standard InChI is InChI=1S/C15H21N3O2/c1-11-3-7-16-10-12(11)17-14(19)18-13-2-4-15(13)5-8-20-9-6-15/h3,7,10,13H,2,4-6,8-9H2,1H3,(H2,17,18,19). The first kappa shape index (κ1) is 13.4. The fourth-order valence-electron chi connectivity index (χ4n) is 3.21. The molecule has 1 aliphatic heterocycles. The van der Waals surface area contributed by atoms with Gasteiger partial charge in [0.2, 0.25) is 0 Å². The van der Waals surface area contributed by atoms with Gasteiger partial charge in [-0.3, -0.25) is 4.98 Å². The highest BCUT2D eigenvalue weighted by molar-refractivity contribution is 5.90. The maximum absolute atomic E-state index is 12.1. The summed E-state index contributed by atoms with van der Waals surface area (Å²) >= 11 is 0. The van der Waals surface area contributed by atoms with Crippen LogP contribution in [0.15, 0.2) is 18.5 Å². The van der Waals surface area contributed by atoms with E-state index in [2.05, 4.69) is 15.6 Å². The summed E-state index contributed by atoms with van der Waals surface area (Å²) in [6.07, 6.45) is 7.79. The van der Waals surface area contributed by atoms with E-state index in [4.69, 9.17) is 4.74 Å². The maximum atomic E-state index is 12.1. The lowest BCUT2D eigenvalue weighted by molar-refractivity contribution is -0.0507. The van der Waals surface area contributed by atoms with Crippen LogP contribution >= 0.6 is 0 Å². The zero-order valence-corrected chi connectivity index (χ0v) is 11.8. The molecule has 1 aromatic heterocycles. The SMILES string of the molecule is Cc1ccncc1NC(=O)NC1CCC12CCOCC2. The van der Waals surface area contributed by atoms with E-state index in [0.717, 1.165) is 43.7 Å². The van der Waals surface area contributed by atoms with E-state index in [1.807, 2.05) is 13.0 Å². The number of nitrogens with zero attached hydrogens (tertiary/aromatic N) is 1. The number of carbonyl (C=O) groups excluding carboxylic acids is 1. The van der Waals surface area contributed by atoms with Crippen LogP contribution in [0.4, 0.5) is 10.5 Å². The Balaban J connectivity index is 1.58. The van der Waals surface area contributed by atoms with Crippen LogP contribution in [-0.4, -0.2) is 30.3 Å². The van der Waals surface area contributed by atoms with Gasteiger partial charge in [0, 0.05) is 25.5 Å². The Hall–Kier alpha value is -1.62. The first-order valence-corrected chi connectivity index (χ1v) is 7.25. The molecule has 2 fully saturated rings. The lowest BCUT2D eigenvalue weighted by Crippen LogP contribution is -2.57. The van der Waals surface area contributed by atoms with Gasteiger partial charge in [-0.2, -0.15) is 0 Å². The molecule has 0 bridgehead atoms. The first-order chi connectivity index (χ1) is 9.70. The number of hydrogen-bond donors (Lipinski definition) is 2. The van der Waals surface area contributed by atoms with Gasteiger partial charge in [0.05, 0.1) is 11.9 Å². The summed E-state index contributed by atoms with van der Waals surface area (Å²) in [7, 11) is 0. The Bertz CT molecular complexity index is 498. The molecule has 0 radical (unpaired) electrons. The molecule has 2 amide bonds. The van der Waals surface area contributed by atoms with Crippen LogP contribution in [0.2, 0.25) is 0 Å². The Morgan fingerprint density at radius 3 is 2.85 bits per heavy atom. The molecule has 2 aliphatic rings. The van der Waals surface area contributed by atoms with Gasteiger partial charge in [-0.05, 0) is 49.7 Å². The number of aryl methyl sites for hydroxylation is 1. The van der Waals surface area contributed by atoms with E-state index < -0.39 is 0 Å². The van der Waals surface area contributed by atoms with Gasteiger partial charge >= 0.3 is 6.03 Å². The van der Waals surface area contributed by atoms with E-state index in [0.29, 0.717) is 0 Å². The molecule has 1 spiro atoms. The molecule has 5 heteroatoms. The predicted octanol–water partition coefficient (Wildman–Crippen LogP) is 2.47. The van der Waals surface area contributed by atoms with Gasteiger partial charge in [0.1, 0.15) is 0 Å². The van der Waals surface area contributed by atoms with Crippen molar-refractivity contribution in [1.82, 2.24) is 10.3 Å². The molecule has 2 N–H and O–H groups in total. The normalized spacial score (nSPS) is 23.9. The second-order valence-electron chi connectivity index (χ2n) is 5.86. The van der Waals surface area contributed by atoms with Crippen LogP contribution in [0, 0.1) is 12.3 Å². The third-order valence-electron chi connectivity index (χ3n) is 4.75. The van der Waals surface area contributed by atoms with Gasteiger partial charge in [-0.15, -0.1) is 0 Å². The van der Waals surface area contributed by atoms with Gasteiger partial charge in [-0.1, -0.05) is 0 Å². The Morgan fingerprint density at radius 1 is 1.40 bits per heavy atom. The zero-order chi connectivity index (χ0) is 14.0. The Labute approximate surface area is 119 Å². The topological polar surface area (TPSA) is 63.2 Å². The molecule has 3 rings (SSSR count). The Kier molecular flexibility index (Phi) is 3.61. The monoisotopic (exact) mass is 275 g/mol. The predicted molar refractivity (Wildman–Crippen MR) is 76.6 cm³/mol. The molecule has 20 heavy (non-hydrogen) atoms. The second-order valence-corrected chi connectivity index (χ2v) is 5.86. The molecule has 108 valence electrons. The Morgan fingerprint density at radius 2 is 2.20 bits per heavy atom. The summed E-state index contributed by atoms with van der Waals surface area (Å²) in [6.45, 7) is 3.60. The second kappa shape index (κ2) is 5.40. The van der Waals surface area contributed by atoms with Crippen LogP contribution in [0.1, 0.15) is 31.2 Å². The van der Waals surface area contributed by atoms with E-state index in [9.17, 15) is 4.79 Å². The van der Waals surface area contributed by atoms with Crippen molar-refractivity contribution in [2.45, 2.75) is 38.6 Å². The van der Waals surface area contributed by atoms with Crippen molar-refractivity contribution in [2.75, 3.05) is 18.5 Å². The highest BCUT2D eigenvalue weighted by Crippen LogP contribution is 2.48. The van der Waals surface area contributed by atoms with Crippen LogP contribution in [-0.2, 0) is 4.74 Å². The first-order valence-electron chi connectivity index (χ1n) is 7.25. The van der Waals surface area contributed by atoms with Crippen molar-refractivity contribution < 1.29 is 9.53 Å². The summed E-state index contributed by atoms with van der Waals surface area (Å²) in [4.78, 5) is 16.1. The summed E-state index contributed by atoms with van der Waals surface area (Å²) in [5, 5.41) is 6.01. The molecule has 1 aliphatic carbocycles. The van der Waals surface area contributed by atoms with Crippen LogP contribution in [0.5, 0.6) is 0 Å². The van der Waals surface area contributed by atoms with Crippen molar-refractivity contribution >= 4 is 11.7 Å². The minimum Gasteiger partial charge on any atom is -0.381 e. The number of carbonyl (C=O) groups is 1. The van der Waals surface area contributed by atoms with Crippen LogP contribution in [0.25, 0.3) is 0 Å². The third-order valence-corrected chi connectivity index (χ3v) is 4.75. The highest BCUT2D eigenvalue weighted by Gasteiger charge is 2.47. The average Bonchev–Trinajstić information content (AvgIpc) is 2.47. The molecule has 1 aromatic rings. The number of rotatable bonds is 2. The van der Waals surface area contributed by atoms with E-state index >= 15 is 0 Å². The molecule has 1 saturated carbocycles. The van der Waals surface area contributed by atoms with Crippen LogP contribution in [0.3, 0.4) is 0 Å². The molecular weight excluding hydrogens is 254 g/mol. The number of hydrogen-bond acceptors (Lipinski definition) is 3. The van der Waals surface area contributed by atoms with Crippen molar-refractivity contribution in [3.8, 4) is 0 Å². The van der Waals surface area contributed by atoms with Crippen LogP contribution < -0.4 is 10.6 Å². The van der Waals surface area contributed by atoms with Gasteiger partial charge in [0.25, 0.3) is 0 Å². The number of ether oxygens (including phenoxy) is 1. The summed E-state index contributed by atoms with van der Waals surface area (Å²) in [5.74, 6) is 0. The van der Waals surface area contributed by atoms with Crippen molar-refractivity contribution in [3.05, 3.63) is 24.0 Å². The summed E-state index contributed by atoms with van der Waals surface area (Å²) in [6, 6.07) is 2.04. The van der Waals surface area contributed by atoms with Gasteiger partial charge < -0.3 is 15.4 Å². The molecule has 5 nitrogen and oxygen atoms in total. The minimum absolute atomic E-state index is 0.128. The van der Waals surface area contributed by atoms with Crippen molar-refractivity contribution in [1.29, 1.82) is 0 Å². The largest absolute Gasteiger partial charge is 0.381 e. The smallest absolute Gasteiger partial charge is 0.319 e. The molecule has 0 aromatic carbocycles. The van der Waals surface area contributed by atoms with Gasteiger partial charge in [0.15, 0.2) is 0 Å². The quantitative estimate of drug-likeness (QED) is 0.871. The van der Waals surface area contributed by atoms with Crippen molar-refractivity contribution in [3.63, 3.8) is 0 Å². The molecule has 1 unspecified atom stereocenters. The lowest BCUT2D eigenvalue weighted by Gasteiger charge is -2.51. The number of urea groups is 1.